The number of ketones is 1. The highest BCUT2D eigenvalue weighted by atomic mass is 35.5. The number of hydrogen-bond acceptors (Lipinski definition) is 3. The highest BCUT2D eigenvalue weighted by molar-refractivity contribution is 7.08. The summed E-state index contributed by atoms with van der Waals surface area (Å²) in [5, 5.41) is 4.39. The summed E-state index contributed by atoms with van der Waals surface area (Å²) >= 11 is 7.22. The minimum atomic E-state index is -0.0375. The zero-order valence-corrected chi connectivity index (χ0v) is 12.3. The zero-order chi connectivity index (χ0) is 14.4. The molecular formula is C16H13ClO2S. The van der Waals surface area contributed by atoms with Crippen LogP contribution in [0.3, 0.4) is 0 Å². The van der Waals surface area contributed by atoms with Gasteiger partial charge in [-0.3, -0.25) is 4.79 Å². The zero-order valence-electron chi connectivity index (χ0n) is 10.7. The molecule has 0 aliphatic carbocycles. The fourth-order valence-corrected chi connectivity index (χ4v) is 2.20. The Balaban J connectivity index is 1.98. The van der Waals surface area contributed by atoms with E-state index < -0.39 is 0 Å². The molecule has 0 unspecified atom stereocenters. The van der Waals surface area contributed by atoms with E-state index in [0.29, 0.717) is 16.3 Å². The third kappa shape index (κ3) is 4.37. The second-order valence-corrected chi connectivity index (χ2v) is 5.40. The van der Waals surface area contributed by atoms with Crippen molar-refractivity contribution in [2.45, 2.75) is 0 Å². The second-order valence-electron chi connectivity index (χ2n) is 4.08. The van der Waals surface area contributed by atoms with E-state index in [4.69, 9.17) is 16.3 Å². The molecule has 1 heterocycles. The predicted octanol–water partition coefficient (Wildman–Crippen LogP) is 4.78. The lowest BCUT2D eigenvalue weighted by Crippen LogP contribution is -1.98. The molecule has 0 spiro atoms. The summed E-state index contributed by atoms with van der Waals surface area (Å²) < 4.78 is 5.36. The summed E-state index contributed by atoms with van der Waals surface area (Å²) in [6, 6.07) is 8.90. The fraction of sp³-hybridized carbons (Fsp3) is 0.0625. The van der Waals surface area contributed by atoms with Crippen molar-refractivity contribution in [3.8, 4) is 5.75 Å². The number of thiophene rings is 1. The van der Waals surface area contributed by atoms with E-state index in [1.807, 2.05) is 16.8 Å². The minimum Gasteiger partial charge on any atom is -0.488 e. The molecule has 0 bridgehead atoms. The van der Waals surface area contributed by atoms with Crippen LogP contribution in [0.5, 0.6) is 5.75 Å². The molecular weight excluding hydrogens is 292 g/mol. The van der Waals surface area contributed by atoms with Gasteiger partial charge in [-0.15, -0.1) is 0 Å². The first-order valence-corrected chi connectivity index (χ1v) is 7.28. The summed E-state index contributed by atoms with van der Waals surface area (Å²) in [5.74, 6) is 0.620. The van der Waals surface area contributed by atoms with E-state index >= 15 is 0 Å². The van der Waals surface area contributed by atoms with Gasteiger partial charge in [-0.2, -0.15) is 11.3 Å². The van der Waals surface area contributed by atoms with Gasteiger partial charge in [0.2, 0.25) is 0 Å². The van der Waals surface area contributed by atoms with E-state index in [1.165, 1.54) is 0 Å². The minimum absolute atomic E-state index is 0.0375. The van der Waals surface area contributed by atoms with Crippen LogP contribution in [0.2, 0.25) is 0 Å². The molecule has 20 heavy (non-hydrogen) atoms. The Morgan fingerprint density at radius 1 is 1.30 bits per heavy atom. The van der Waals surface area contributed by atoms with Gasteiger partial charge >= 0.3 is 0 Å². The van der Waals surface area contributed by atoms with Gasteiger partial charge < -0.3 is 4.74 Å². The van der Waals surface area contributed by atoms with E-state index in [-0.39, 0.29) is 12.4 Å². The van der Waals surface area contributed by atoms with Gasteiger partial charge in [0.15, 0.2) is 5.78 Å². The second kappa shape index (κ2) is 7.08. The van der Waals surface area contributed by atoms with Crippen LogP contribution in [0.4, 0.5) is 0 Å². The van der Waals surface area contributed by atoms with Crippen LogP contribution in [-0.2, 0) is 0 Å². The van der Waals surface area contributed by atoms with Crippen molar-refractivity contribution in [1.82, 2.24) is 0 Å². The molecule has 2 nitrogen and oxygen atoms in total. The lowest BCUT2D eigenvalue weighted by molar-refractivity contribution is 0.104. The molecule has 0 saturated heterocycles. The monoisotopic (exact) mass is 304 g/mol. The number of benzene rings is 1. The van der Waals surface area contributed by atoms with E-state index in [2.05, 4.69) is 6.58 Å². The Morgan fingerprint density at radius 3 is 2.65 bits per heavy atom. The van der Waals surface area contributed by atoms with Crippen LogP contribution < -0.4 is 4.74 Å². The molecule has 0 N–H and O–H groups in total. The molecule has 2 aromatic rings. The molecule has 4 heteroatoms. The van der Waals surface area contributed by atoms with Crippen molar-refractivity contribution < 1.29 is 9.53 Å². The number of carbonyl (C=O) groups excluding carboxylic acids is 1. The molecule has 0 radical (unpaired) electrons. The lowest BCUT2D eigenvalue weighted by Gasteiger charge is -2.04. The van der Waals surface area contributed by atoms with E-state index in [9.17, 15) is 4.79 Å². The third-order valence-electron chi connectivity index (χ3n) is 2.50. The summed E-state index contributed by atoms with van der Waals surface area (Å²) in [7, 11) is 0. The third-order valence-corrected chi connectivity index (χ3v) is 3.32. The maximum Gasteiger partial charge on any atom is 0.185 e. The first kappa shape index (κ1) is 14.6. The standard InChI is InChI=1S/C16H13ClO2S/c1-12(17)10-19-15-5-3-14(4-6-15)16(18)7-2-13-8-9-20-11-13/h2-9,11H,1,10H2/b7-2+. The van der Waals surface area contributed by atoms with E-state index in [1.54, 1.807) is 47.8 Å². The number of carbonyl (C=O) groups is 1. The first-order chi connectivity index (χ1) is 9.65. The highest BCUT2D eigenvalue weighted by Gasteiger charge is 2.02. The van der Waals surface area contributed by atoms with Crippen LogP contribution in [0.25, 0.3) is 6.08 Å². The van der Waals surface area contributed by atoms with Crippen molar-refractivity contribution in [1.29, 1.82) is 0 Å². The maximum atomic E-state index is 12.0. The van der Waals surface area contributed by atoms with E-state index in [0.717, 1.165) is 5.56 Å². The molecule has 2 rings (SSSR count). The van der Waals surface area contributed by atoms with Gasteiger partial charge in [-0.25, -0.2) is 0 Å². The Morgan fingerprint density at radius 2 is 2.05 bits per heavy atom. The Kier molecular flexibility index (Phi) is 5.16. The van der Waals surface area contributed by atoms with Crippen LogP contribution in [0.15, 0.2) is 58.8 Å². The number of halogens is 1. The van der Waals surface area contributed by atoms with Crippen molar-refractivity contribution in [2.75, 3.05) is 6.61 Å². The fourth-order valence-electron chi connectivity index (χ4n) is 1.52. The number of ether oxygens (including phenoxy) is 1. The summed E-state index contributed by atoms with van der Waals surface area (Å²) in [5.41, 5.74) is 1.65. The van der Waals surface area contributed by atoms with Crippen LogP contribution in [0.1, 0.15) is 15.9 Å². The summed E-state index contributed by atoms with van der Waals surface area (Å²) in [6.07, 6.45) is 3.37. The Hall–Kier alpha value is -1.84. The topological polar surface area (TPSA) is 26.3 Å². The molecule has 0 aliphatic heterocycles. The molecule has 0 atom stereocenters. The molecule has 0 amide bonds. The van der Waals surface area contributed by atoms with Gasteiger partial charge in [-0.05, 0) is 52.7 Å². The quantitative estimate of drug-likeness (QED) is 0.567. The first-order valence-electron chi connectivity index (χ1n) is 5.96. The van der Waals surface area contributed by atoms with Crippen molar-refractivity contribution >= 4 is 34.8 Å². The van der Waals surface area contributed by atoms with Crippen molar-refractivity contribution in [3.63, 3.8) is 0 Å². The van der Waals surface area contributed by atoms with Gasteiger partial charge in [0.05, 0.1) is 0 Å². The summed E-state index contributed by atoms with van der Waals surface area (Å²) in [6.45, 7) is 3.80. The molecule has 0 aliphatic rings. The van der Waals surface area contributed by atoms with Crippen molar-refractivity contribution in [3.05, 3.63) is 69.9 Å². The maximum absolute atomic E-state index is 12.0. The highest BCUT2D eigenvalue weighted by Crippen LogP contribution is 2.15. The Bertz CT molecular complexity index is 612. The van der Waals surface area contributed by atoms with Crippen LogP contribution in [-0.4, -0.2) is 12.4 Å². The van der Waals surface area contributed by atoms with Crippen LogP contribution >= 0.6 is 22.9 Å². The van der Waals surface area contributed by atoms with Gasteiger partial charge in [-0.1, -0.05) is 24.3 Å². The molecule has 0 fully saturated rings. The molecule has 102 valence electrons. The summed E-state index contributed by atoms with van der Waals surface area (Å²) in [4.78, 5) is 12.0. The average molecular weight is 305 g/mol. The average Bonchev–Trinajstić information content (AvgIpc) is 2.96. The molecule has 1 aromatic heterocycles. The van der Waals surface area contributed by atoms with Crippen molar-refractivity contribution in [2.24, 2.45) is 0 Å². The predicted molar refractivity (Wildman–Crippen MR) is 84.6 cm³/mol. The van der Waals surface area contributed by atoms with Gasteiger partial charge in [0, 0.05) is 10.6 Å². The molecule has 1 aromatic carbocycles. The number of allylic oxidation sites excluding steroid dienone is 1. The number of rotatable bonds is 6. The van der Waals surface area contributed by atoms with Gasteiger partial charge in [0.1, 0.15) is 12.4 Å². The largest absolute Gasteiger partial charge is 0.488 e. The Labute approximate surface area is 127 Å². The lowest BCUT2D eigenvalue weighted by atomic mass is 10.1. The van der Waals surface area contributed by atoms with Crippen LogP contribution in [0, 0.1) is 0 Å². The molecule has 0 saturated carbocycles. The SMILES string of the molecule is C=C(Cl)COc1ccc(C(=O)/C=C/c2ccsc2)cc1. The smallest absolute Gasteiger partial charge is 0.185 e. The number of hydrogen-bond donors (Lipinski definition) is 0. The van der Waals surface area contributed by atoms with Gasteiger partial charge in [0.25, 0.3) is 0 Å². The normalized spacial score (nSPS) is 10.7.